The zero-order valence-electron chi connectivity index (χ0n) is 10.2. The third kappa shape index (κ3) is 3.50. The standard InChI is InChI=1S/C10H16N5O3P/c16-13-9-2-1-8(15(17)18)10(12-9)11-7-3-5-14(19)6-4-7/h1-2,7,16H,3-6,19H2,(H2,11,12,13). The number of hydrogen-bond donors (Lipinski definition) is 3. The molecule has 1 aliphatic heterocycles. The van der Waals surface area contributed by atoms with Crippen LogP contribution in [0.5, 0.6) is 0 Å². The van der Waals surface area contributed by atoms with Gasteiger partial charge in [0, 0.05) is 25.2 Å². The lowest BCUT2D eigenvalue weighted by molar-refractivity contribution is -0.384. The molecule has 0 amide bonds. The first-order valence-corrected chi connectivity index (χ1v) is 6.43. The van der Waals surface area contributed by atoms with Crippen LogP contribution in [0.1, 0.15) is 12.8 Å². The van der Waals surface area contributed by atoms with Crippen LogP contribution in [0.2, 0.25) is 0 Å². The van der Waals surface area contributed by atoms with Gasteiger partial charge in [0.15, 0.2) is 5.82 Å². The molecule has 1 saturated heterocycles. The van der Waals surface area contributed by atoms with Gasteiger partial charge in [0.2, 0.25) is 5.82 Å². The molecule has 0 spiro atoms. The average Bonchev–Trinajstić information content (AvgIpc) is 2.41. The van der Waals surface area contributed by atoms with Gasteiger partial charge in [0.25, 0.3) is 0 Å². The quantitative estimate of drug-likeness (QED) is 0.437. The van der Waals surface area contributed by atoms with Crippen LogP contribution in [0, 0.1) is 10.1 Å². The van der Waals surface area contributed by atoms with Crippen molar-refractivity contribution in [2.45, 2.75) is 18.9 Å². The molecule has 1 unspecified atom stereocenters. The molecule has 0 aliphatic carbocycles. The number of pyridine rings is 1. The van der Waals surface area contributed by atoms with Crippen molar-refractivity contribution in [3.63, 3.8) is 0 Å². The third-order valence-electron chi connectivity index (χ3n) is 3.06. The Hall–Kier alpha value is -1.50. The van der Waals surface area contributed by atoms with Crippen molar-refractivity contribution in [3.8, 4) is 0 Å². The van der Waals surface area contributed by atoms with E-state index in [1.54, 1.807) is 0 Å². The summed E-state index contributed by atoms with van der Waals surface area (Å²) in [5, 5.41) is 22.8. The number of aromatic nitrogens is 1. The Balaban J connectivity index is 2.15. The van der Waals surface area contributed by atoms with E-state index in [0.717, 1.165) is 25.9 Å². The molecule has 0 radical (unpaired) electrons. The molecular weight excluding hydrogens is 269 g/mol. The molecule has 1 aromatic rings. The first-order chi connectivity index (χ1) is 9.10. The van der Waals surface area contributed by atoms with Gasteiger partial charge < -0.3 is 5.32 Å². The molecule has 2 heterocycles. The highest BCUT2D eigenvalue weighted by atomic mass is 31.0. The smallest absolute Gasteiger partial charge is 0.311 e. The van der Waals surface area contributed by atoms with Crippen LogP contribution in [-0.4, -0.2) is 38.9 Å². The fourth-order valence-electron chi connectivity index (χ4n) is 2.00. The van der Waals surface area contributed by atoms with Gasteiger partial charge in [0.1, 0.15) is 0 Å². The van der Waals surface area contributed by atoms with E-state index >= 15 is 0 Å². The molecule has 0 saturated carbocycles. The molecule has 2 rings (SSSR count). The Morgan fingerprint density at radius 1 is 1.47 bits per heavy atom. The van der Waals surface area contributed by atoms with Gasteiger partial charge in [-0.15, -0.1) is 0 Å². The Bertz CT molecular complexity index is 464. The summed E-state index contributed by atoms with van der Waals surface area (Å²) in [7, 11) is 2.65. The van der Waals surface area contributed by atoms with Crippen molar-refractivity contribution >= 4 is 26.7 Å². The summed E-state index contributed by atoms with van der Waals surface area (Å²) in [6, 6.07) is 2.82. The van der Waals surface area contributed by atoms with E-state index in [2.05, 4.69) is 24.4 Å². The zero-order chi connectivity index (χ0) is 13.8. The predicted octanol–water partition coefficient (Wildman–Crippen LogP) is 1.46. The highest BCUT2D eigenvalue weighted by molar-refractivity contribution is 7.13. The Labute approximate surface area is 112 Å². The molecule has 9 heteroatoms. The van der Waals surface area contributed by atoms with Crippen LogP contribution < -0.4 is 10.8 Å². The summed E-state index contributed by atoms with van der Waals surface area (Å²) in [5.74, 6) is 0.364. The summed E-state index contributed by atoms with van der Waals surface area (Å²) in [4.78, 5) is 14.5. The first kappa shape index (κ1) is 13.9. The van der Waals surface area contributed by atoms with E-state index in [1.807, 2.05) is 5.48 Å². The van der Waals surface area contributed by atoms with Crippen LogP contribution in [0.25, 0.3) is 0 Å². The van der Waals surface area contributed by atoms with Crippen molar-refractivity contribution in [1.29, 1.82) is 0 Å². The van der Waals surface area contributed by atoms with Crippen molar-refractivity contribution in [2.24, 2.45) is 0 Å². The van der Waals surface area contributed by atoms with Gasteiger partial charge in [0.05, 0.1) is 4.92 Å². The second kappa shape index (κ2) is 6.10. The largest absolute Gasteiger partial charge is 0.361 e. The van der Waals surface area contributed by atoms with Crippen LogP contribution in [0.3, 0.4) is 0 Å². The summed E-state index contributed by atoms with van der Waals surface area (Å²) in [5.41, 5.74) is 1.80. The average molecular weight is 285 g/mol. The first-order valence-electron chi connectivity index (χ1n) is 5.92. The summed E-state index contributed by atoms with van der Waals surface area (Å²) >= 11 is 0. The molecule has 1 aliphatic rings. The molecule has 3 N–H and O–H groups in total. The zero-order valence-corrected chi connectivity index (χ0v) is 11.4. The minimum absolute atomic E-state index is 0.0905. The van der Waals surface area contributed by atoms with Crippen molar-refractivity contribution in [1.82, 2.24) is 9.65 Å². The van der Waals surface area contributed by atoms with E-state index < -0.39 is 4.92 Å². The number of anilines is 2. The SMILES string of the molecule is O=[N+]([O-])c1ccc(NO)nc1NC1CCN(P)CC1. The number of nitrogens with zero attached hydrogens (tertiary/aromatic N) is 3. The van der Waals surface area contributed by atoms with Crippen molar-refractivity contribution in [3.05, 3.63) is 22.2 Å². The van der Waals surface area contributed by atoms with E-state index in [1.165, 1.54) is 12.1 Å². The molecule has 19 heavy (non-hydrogen) atoms. The second-order valence-electron chi connectivity index (χ2n) is 4.39. The summed E-state index contributed by atoms with van der Waals surface area (Å²) in [6.07, 6.45) is 1.78. The van der Waals surface area contributed by atoms with Crippen LogP contribution in [0.15, 0.2) is 12.1 Å². The molecule has 0 bridgehead atoms. The monoisotopic (exact) mass is 285 g/mol. The molecule has 0 aromatic carbocycles. The molecule has 1 aromatic heterocycles. The predicted molar refractivity (Wildman–Crippen MR) is 74.2 cm³/mol. The molecule has 1 fully saturated rings. The van der Waals surface area contributed by atoms with Crippen molar-refractivity contribution < 1.29 is 10.1 Å². The number of hydrogen-bond acceptors (Lipinski definition) is 7. The van der Waals surface area contributed by atoms with Crippen LogP contribution >= 0.6 is 9.39 Å². The highest BCUT2D eigenvalue weighted by Crippen LogP contribution is 2.26. The van der Waals surface area contributed by atoms with E-state index in [4.69, 9.17) is 5.21 Å². The van der Waals surface area contributed by atoms with Gasteiger partial charge in [-0.25, -0.2) is 4.98 Å². The minimum atomic E-state index is -0.485. The molecule has 104 valence electrons. The van der Waals surface area contributed by atoms with E-state index in [-0.39, 0.29) is 23.4 Å². The highest BCUT2D eigenvalue weighted by Gasteiger charge is 2.22. The lowest BCUT2D eigenvalue weighted by atomic mass is 10.1. The maximum absolute atomic E-state index is 10.9. The van der Waals surface area contributed by atoms with Crippen molar-refractivity contribution in [2.75, 3.05) is 23.9 Å². The Morgan fingerprint density at radius 3 is 2.74 bits per heavy atom. The molecule has 8 nitrogen and oxygen atoms in total. The summed E-state index contributed by atoms with van der Waals surface area (Å²) < 4.78 is 2.13. The maximum atomic E-state index is 10.9. The third-order valence-corrected chi connectivity index (χ3v) is 3.57. The molecule has 1 atom stereocenters. The second-order valence-corrected chi connectivity index (χ2v) is 5.12. The number of nitro groups is 1. The van der Waals surface area contributed by atoms with E-state index in [0.29, 0.717) is 0 Å². The van der Waals surface area contributed by atoms with Crippen LogP contribution in [0.4, 0.5) is 17.3 Å². The Kier molecular flexibility index (Phi) is 4.47. The normalized spacial score (nSPS) is 17.2. The number of piperidine rings is 1. The van der Waals surface area contributed by atoms with Gasteiger partial charge in [-0.05, 0) is 18.9 Å². The lowest BCUT2D eigenvalue weighted by Crippen LogP contribution is -2.34. The summed E-state index contributed by atoms with van der Waals surface area (Å²) in [6.45, 7) is 1.82. The minimum Gasteiger partial charge on any atom is -0.361 e. The number of nitrogens with one attached hydrogen (secondary N) is 2. The Morgan fingerprint density at radius 2 is 2.16 bits per heavy atom. The van der Waals surface area contributed by atoms with Gasteiger partial charge in [-0.1, -0.05) is 9.39 Å². The van der Waals surface area contributed by atoms with Gasteiger partial charge in [-0.2, -0.15) is 0 Å². The number of rotatable bonds is 4. The topological polar surface area (TPSA) is 104 Å². The van der Waals surface area contributed by atoms with Crippen LogP contribution in [-0.2, 0) is 0 Å². The fourth-order valence-corrected chi connectivity index (χ4v) is 2.30. The van der Waals surface area contributed by atoms with Gasteiger partial charge in [-0.3, -0.25) is 25.5 Å². The van der Waals surface area contributed by atoms with E-state index in [9.17, 15) is 10.1 Å². The van der Waals surface area contributed by atoms with Gasteiger partial charge >= 0.3 is 5.69 Å². The lowest BCUT2D eigenvalue weighted by Gasteiger charge is -2.29. The maximum Gasteiger partial charge on any atom is 0.311 e. The molecular formula is C10H16N5O3P. The fraction of sp³-hybridized carbons (Fsp3) is 0.500.